The van der Waals surface area contributed by atoms with Crippen molar-refractivity contribution in [2.45, 2.75) is 456 Å². The maximum Gasteiger partial charge on any atom is 0.309 e. The van der Waals surface area contributed by atoms with Gasteiger partial charge in [-0.3, -0.25) is 19.2 Å². The summed E-state index contributed by atoms with van der Waals surface area (Å²) in [6.45, 7) is 32.2. The lowest BCUT2D eigenvalue weighted by Gasteiger charge is -2.17. The highest BCUT2D eigenvalue weighted by atomic mass is 16.4. The van der Waals surface area contributed by atoms with Crippen LogP contribution in [0.4, 0.5) is 0 Å². The number of carboxylic acid groups (broad SMARTS) is 4. The van der Waals surface area contributed by atoms with Crippen LogP contribution in [0.25, 0.3) is 0 Å². The number of rotatable bonds is 56. The molecule has 4 aromatic carbocycles. The van der Waals surface area contributed by atoms with Gasteiger partial charge in [-0.05, 0) is 298 Å². The molecule has 0 aliphatic heterocycles. The first-order valence-electron chi connectivity index (χ1n) is 47.8. The number of hydrogen-bond acceptors (Lipinski definition) is 7. The smallest absolute Gasteiger partial charge is 0.309 e. The van der Waals surface area contributed by atoms with Gasteiger partial charge in [-0.2, -0.15) is 0 Å². The van der Waals surface area contributed by atoms with Crippen LogP contribution in [0.1, 0.15) is 447 Å². The quantitative estimate of drug-likeness (QED) is 0.0163. The van der Waals surface area contributed by atoms with Crippen molar-refractivity contribution in [3.8, 4) is 17.2 Å². The van der Waals surface area contributed by atoms with E-state index in [9.17, 15) is 54.9 Å². The average Bonchev–Trinajstić information content (AvgIpc) is 1.67. The second-order valence-electron chi connectivity index (χ2n) is 42.4. The monoisotopic (exact) mass is 1620 g/mol. The lowest BCUT2D eigenvalue weighted by atomic mass is 9.89. The average molecular weight is 1620 g/mol. The van der Waals surface area contributed by atoms with Gasteiger partial charge in [-0.15, -0.1) is 0 Å². The lowest BCUT2D eigenvalue weighted by molar-refractivity contribution is -0.144. The van der Waals surface area contributed by atoms with E-state index in [1.807, 2.05) is 18.2 Å². The SMILES string of the molecule is CC(C)(C)CCCCCCc1c(O)cccc1CCCCCCC1(C(=O)O)CC1.CC(C)(C)CCCCCCc1ccc(O)c(O)c1CCCCCCC1(C(=O)O)CC1.Cc1ccc(CCCCCCC2(C(=O)O)CC2)c(CCCCCCC(C)(C)C)c1.Cc1cccc(CCCCCCC2(C(=O)O)CC2)c1CCCCCCC(C)(C)C. The Balaban J connectivity index is 0.000000278. The van der Waals surface area contributed by atoms with Crippen LogP contribution < -0.4 is 0 Å². The number of aliphatic carboxylic acids is 4. The van der Waals surface area contributed by atoms with Crippen molar-refractivity contribution < 1.29 is 54.9 Å². The van der Waals surface area contributed by atoms with Gasteiger partial charge in [-0.1, -0.05) is 297 Å². The molecule has 11 heteroatoms. The minimum atomic E-state index is -0.629. The number of hydrogen-bond donors (Lipinski definition) is 7. The van der Waals surface area contributed by atoms with E-state index in [0.29, 0.717) is 27.4 Å². The molecule has 7 N–H and O–H groups in total. The van der Waals surface area contributed by atoms with Gasteiger partial charge < -0.3 is 35.7 Å². The summed E-state index contributed by atoms with van der Waals surface area (Å²) in [5.74, 6) is -1.90. The van der Waals surface area contributed by atoms with Crippen molar-refractivity contribution in [3.63, 3.8) is 0 Å². The lowest BCUT2D eigenvalue weighted by Crippen LogP contribution is -2.14. The second-order valence-corrected chi connectivity index (χ2v) is 42.4. The maximum absolute atomic E-state index is 11.2. The summed E-state index contributed by atoms with van der Waals surface area (Å²) in [4.78, 5) is 44.9. The summed E-state index contributed by atoms with van der Waals surface area (Å²) >= 11 is 0. The van der Waals surface area contributed by atoms with Crippen molar-refractivity contribution in [2.75, 3.05) is 0 Å². The minimum absolute atomic E-state index is 0.0314. The van der Waals surface area contributed by atoms with Crippen molar-refractivity contribution in [1.82, 2.24) is 0 Å². The highest BCUT2D eigenvalue weighted by Gasteiger charge is 2.51. The van der Waals surface area contributed by atoms with Gasteiger partial charge >= 0.3 is 23.9 Å². The Morgan fingerprint density at radius 1 is 0.274 bits per heavy atom. The first-order valence-corrected chi connectivity index (χ1v) is 47.8. The van der Waals surface area contributed by atoms with Crippen LogP contribution >= 0.6 is 0 Å². The number of aryl methyl sites for hydroxylation is 7. The number of aromatic hydroxyl groups is 3. The number of phenolic OH excluding ortho intramolecular Hbond substituents is 3. The number of benzene rings is 4. The van der Waals surface area contributed by atoms with E-state index < -0.39 is 29.3 Å². The van der Waals surface area contributed by atoms with Gasteiger partial charge in [0, 0.05) is 5.56 Å². The Bertz CT molecular complexity index is 3400. The van der Waals surface area contributed by atoms with Crippen LogP contribution in [0.15, 0.2) is 66.7 Å². The Morgan fingerprint density at radius 2 is 0.538 bits per heavy atom. The molecule has 0 unspecified atom stereocenters. The highest BCUT2D eigenvalue weighted by molar-refractivity contribution is 5.79. The predicted molar refractivity (Wildman–Crippen MR) is 490 cm³/mol. The number of carbonyl (C=O) groups is 4. The summed E-state index contributed by atoms with van der Waals surface area (Å²) < 4.78 is 0. The van der Waals surface area contributed by atoms with Crippen LogP contribution in [0.5, 0.6) is 17.2 Å². The molecule has 0 bridgehead atoms. The number of carboxylic acids is 4. The number of unbranched alkanes of at least 4 members (excludes halogenated alkanes) is 24. The standard InChI is InChI=1S/2C27H44O2.C26H42O4.C26H42O3/c1-22-14-13-16-23(24(22)17-10-6-7-11-18-26(2,3)4)15-9-5-8-12-19-27(20-21-27)25(28)29;1-22-15-16-23(13-9-6-8-12-18-27(19-20-27)25(28)29)24(21-22)14-10-5-7-11-17-26(2,3)4;1-25(2,3)16-10-6-4-8-12-20-14-15-22(27)23(28)21(20)13-9-5-7-11-17-26(18-19-26)24(29)30;1-25(2,3)17-10-6-5-9-15-22-21(14-12-16-23(22)27)13-8-4-7-11-18-26(19-20-26)24(28)29/h13-14,16H,5-12,15,17-21H2,1-4H3,(H,28,29);15-16,21H,5-14,17-20H2,1-4H3,(H,28,29);14-15,27-28H,4-13,16-19H2,1-3H3,(H,29,30);12,14,16,27H,4-11,13,15,17-20H2,1-3H3,(H,28,29). The van der Waals surface area contributed by atoms with Crippen LogP contribution in [0.3, 0.4) is 0 Å². The zero-order chi connectivity index (χ0) is 86.2. The molecule has 4 aliphatic carbocycles. The molecule has 4 aromatic rings. The molecule has 0 aromatic heterocycles. The van der Waals surface area contributed by atoms with Crippen molar-refractivity contribution in [1.29, 1.82) is 0 Å². The zero-order valence-electron chi connectivity index (χ0n) is 77.2. The fourth-order valence-corrected chi connectivity index (χ4v) is 17.6. The zero-order valence-corrected chi connectivity index (χ0v) is 77.2. The third kappa shape index (κ3) is 41.5. The fraction of sp³-hybridized carbons (Fsp3) is 0.736. The van der Waals surface area contributed by atoms with Gasteiger partial charge in [0.25, 0.3) is 0 Å². The summed E-state index contributed by atoms with van der Waals surface area (Å²) in [6.07, 6.45) is 62.2. The van der Waals surface area contributed by atoms with Gasteiger partial charge in [-0.25, -0.2) is 0 Å². The molecule has 0 amide bonds. The molecule has 0 heterocycles. The summed E-state index contributed by atoms with van der Waals surface area (Å²) in [5, 5.41) is 67.6. The van der Waals surface area contributed by atoms with Crippen molar-refractivity contribution in [3.05, 3.63) is 122 Å². The molecule has 0 atom stereocenters. The van der Waals surface area contributed by atoms with E-state index in [-0.39, 0.29) is 27.7 Å². The fourth-order valence-electron chi connectivity index (χ4n) is 17.6. The van der Waals surface area contributed by atoms with Crippen molar-refractivity contribution >= 4 is 23.9 Å². The molecule has 4 saturated carbocycles. The van der Waals surface area contributed by atoms with Crippen LogP contribution in [-0.2, 0) is 70.5 Å². The molecule has 4 fully saturated rings. The van der Waals surface area contributed by atoms with E-state index >= 15 is 0 Å². The van der Waals surface area contributed by atoms with E-state index in [1.165, 1.54) is 202 Å². The third-order valence-corrected chi connectivity index (χ3v) is 26.5. The van der Waals surface area contributed by atoms with Crippen LogP contribution in [-0.4, -0.2) is 59.6 Å². The molecule has 0 spiro atoms. The second kappa shape index (κ2) is 51.2. The molecular weight excluding hydrogens is 1450 g/mol. The van der Waals surface area contributed by atoms with E-state index in [0.717, 1.165) is 196 Å². The Morgan fingerprint density at radius 3 is 0.872 bits per heavy atom. The molecule has 11 nitrogen and oxygen atoms in total. The summed E-state index contributed by atoms with van der Waals surface area (Å²) in [5.41, 5.74) is 13.9. The van der Waals surface area contributed by atoms with Gasteiger partial charge in [0.15, 0.2) is 11.5 Å². The molecule has 117 heavy (non-hydrogen) atoms. The topological polar surface area (TPSA) is 210 Å². The Kier molecular flexibility index (Phi) is 44.5. The molecule has 0 saturated heterocycles. The van der Waals surface area contributed by atoms with Crippen LogP contribution in [0.2, 0.25) is 0 Å². The van der Waals surface area contributed by atoms with Gasteiger partial charge in [0.05, 0.1) is 21.7 Å². The summed E-state index contributed by atoms with van der Waals surface area (Å²) in [7, 11) is 0. The van der Waals surface area contributed by atoms with E-state index in [4.69, 9.17) is 0 Å². The van der Waals surface area contributed by atoms with Crippen LogP contribution in [0, 0.1) is 57.2 Å². The Labute approximate surface area is 714 Å². The number of phenols is 3. The molecule has 4 aliphatic rings. The molecule has 0 radical (unpaired) electrons. The van der Waals surface area contributed by atoms with E-state index in [1.54, 1.807) is 22.8 Å². The minimum Gasteiger partial charge on any atom is -0.508 e. The van der Waals surface area contributed by atoms with Crippen molar-refractivity contribution in [2.24, 2.45) is 43.3 Å². The largest absolute Gasteiger partial charge is 0.508 e. The van der Waals surface area contributed by atoms with E-state index in [2.05, 4.69) is 139 Å². The molecule has 662 valence electrons. The van der Waals surface area contributed by atoms with Gasteiger partial charge in [0.1, 0.15) is 5.75 Å². The molecular formula is C106H172O11. The first kappa shape index (κ1) is 102. The predicted octanol–water partition coefficient (Wildman–Crippen LogP) is 30.1. The first-order chi connectivity index (χ1) is 55.3. The maximum atomic E-state index is 11.2. The Hall–Kier alpha value is -5.84. The van der Waals surface area contributed by atoms with Gasteiger partial charge in [0.2, 0.25) is 0 Å². The highest BCUT2D eigenvalue weighted by Crippen LogP contribution is 2.53. The molecule has 8 rings (SSSR count). The summed E-state index contributed by atoms with van der Waals surface area (Å²) in [6, 6.07) is 23.3. The third-order valence-electron chi connectivity index (χ3n) is 26.5. The normalized spacial score (nSPS) is 15.4.